The molecule has 0 amide bonds. The van der Waals surface area contributed by atoms with Crippen LogP contribution in [0.2, 0.25) is 5.02 Å². The van der Waals surface area contributed by atoms with Gasteiger partial charge in [0.2, 0.25) is 5.75 Å². The minimum absolute atomic E-state index is 0. The third-order valence-electron chi connectivity index (χ3n) is 1.79. The van der Waals surface area contributed by atoms with Gasteiger partial charge in [0.25, 0.3) is 5.56 Å². The molecule has 2 rings (SSSR count). The predicted octanol–water partition coefficient (Wildman–Crippen LogP) is 3.14. The second-order valence-electron chi connectivity index (χ2n) is 2.96. The van der Waals surface area contributed by atoms with Gasteiger partial charge >= 0.3 is 0 Å². The van der Waals surface area contributed by atoms with E-state index >= 15 is 0 Å². The van der Waals surface area contributed by atoms with E-state index in [1.807, 2.05) is 0 Å². The molecule has 1 aromatic heterocycles. The van der Waals surface area contributed by atoms with E-state index in [-0.39, 0.29) is 23.9 Å². The quantitative estimate of drug-likeness (QED) is 0.651. The Balaban J connectivity index is 0.00000144. The first-order valence-corrected chi connectivity index (χ1v) is 5.19. The average molecular weight is 271 g/mol. The summed E-state index contributed by atoms with van der Waals surface area (Å²) in [5, 5.41) is 0.846. The molecule has 0 saturated carbocycles. The van der Waals surface area contributed by atoms with Gasteiger partial charge in [-0.2, -0.15) is 0 Å². The standard InChI is InChI=1S/C10H7ClN2O2S.CH4/c11-6-1-3-7(4-2-6)15-8-5-12-10(16)13-9(8)14;/h1-5H,(H2,12,13,14,16);1H4. The van der Waals surface area contributed by atoms with E-state index in [0.717, 1.165) is 0 Å². The summed E-state index contributed by atoms with van der Waals surface area (Å²) in [7, 11) is 0. The van der Waals surface area contributed by atoms with Crippen molar-refractivity contribution in [3.63, 3.8) is 0 Å². The Hall–Kier alpha value is -1.46. The zero-order valence-electron chi connectivity index (χ0n) is 7.98. The van der Waals surface area contributed by atoms with Crippen molar-refractivity contribution in [3.05, 3.63) is 45.8 Å². The van der Waals surface area contributed by atoms with Crippen molar-refractivity contribution in [1.29, 1.82) is 0 Å². The van der Waals surface area contributed by atoms with Crippen LogP contribution in [0.25, 0.3) is 0 Å². The lowest BCUT2D eigenvalue weighted by Gasteiger charge is -2.03. The van der Waals surface area contributed by atoms with Crippen LogP contribution < -0.4 is 10.3 Å². The number of halogens is 1. The van der Waals surface area contributed by atoms with Crippen molar-refractivity contribution >= 4 is 24.2 Å². The Kier molecular flexibility index (Phi) is 4.60. The van der Waals surface area contributed by atoms with Crippen LogP contribution in [-0.4, -0.2) is 9.97 Å². The molecule has 0 aliphatic rings. The summed E-state index contributed by atoms with van der Waals surface area (Å²) in [6.45, 7) is 0. The van der Waals surface area contributed by atoms with E-state index in [2.05, 4.69) is 22.6 Å². The first-order chi connectivity index (χ1) is 7.65. The van der Waals surface area contributed by atoms with Crippen molar-refractivity contribution in [2.24, 2.45) is 0 Å². The molecule has 17 heavy (non-hydrogen) atoms. The van der Waals surface area contributed by atoms with Gasteiger partial charge in [-0.05, 0) is 24.3 Å². The van der Waals surface area contributed by atoms with Crippen LogP contribution in [0.15, 0.2) is 40.4 Å². The minimum atomic E-state index is -0.380. The molecule has 0 aliphatic heterocycles. The number of hydrogen-bond donors (Lipinski definition) is 2. The lowest BCUT2D eigenvalue weighted by Crippen LogP contribution is -2.09. The Bertz CT molecular complexity index is 554. The summed E-state index contributed by atoms with van der Waals surface area (Å²) in [5.41, 5.74) is -0.380. The van der Waals surface area contributed by atoms with Crippen LogP contribution >= 0.6 is 24.2 Å². The van der Waals surface area contributed by atoms with Gasteiger partial charge in [-0.25, -0.2) is 4.98 Å². The molecule has 0 unspecified atom stereocenters. The number of ether oxygens (including phenoxy) is 1. The van der Waals surface area contributed by atoms with Crippen LogP contribution in [-0.2, 0) is 0 Å². The first-order valence-electron chi connectivity index (χ1n) is 4.37. The van der Waals surface area contributed by atoms with Crippen LogP contribution in [0.1, 0.15) is 7.43 Å². The fourth-order valence-corrected chi connectivity index (χ4v) is 1.36. The zero-order chi connectivity index (χ0) is 11.5. The number of nitrogens with one attached hydrogen (secondary N) is 1. The molecule has 0 atom stereocenters. The summed E-state index contributed by atoms with van der Waals surface area (Å²) >= 11 is 9.62. The molecule has 0 fully saturated rings. The van der Waals surface area contributed by atoms with E-state index < -0.39 is 0 Å². The molecule has 0 radical (unpaired) electrons. The van der Waals surface area contributed by atoms with Crippen molar-refractivity contribution in [2.45, 2.75) is 12.6 Å². The summed E-state index contributed by atoms with van der Waals surface area (Å²) in [6.07, 6.45) is 1.32. The Morgan fingerprint density at radius 3 is 2.53 bits per heavy atom. The molecule has 1 aromatic carbocycles. The number of thiol groups is 1. The molecule has 0 saturated heterocycles. The molecule has 6 heteroatoms. The van der Waals surface area contributed by atoms with Gasteiger partial charge in [0.1, 0.15) is 5.75 Å². The molecule has 0 aliphatic carbocycles. The maximum Gasteiger partial charge on any atom is 0.294 e. The Labute approximate surface area is 109 Å². The highest BCUT2D eigenvalue weighted by molar-refractivity contribution is 7.80. The van der Waals surface area contributed by atoms with Gasteiger partial charge in [0, 0.05) is 5.02 Å². The summed E-state index contributed by atoms with van der Waals surface area (Å²) in [4.78, 5) is 17.6. The van der Waals surface area contributed by atoms with Crippen LogP contribution in [0.5, 0.6) is 11.5 Å². The van der Waals surface area contributed by atoms with Crippen LogP contribution in [0.4, 0.5) is 0 Å². The predicted molar refractivity (Wildman–Crippen MR) is 70.4 cm³/mol. The third kappa shape index (κ3) is 3.51. The van der Waals surface area contributed by atoms with Gasteiger partial charge in [0.15, 0.2) is 5.16 Å². The van der Waals surface area contributed by atoms with E-state index in [9.17, 15) is 4.79 Å². The van der Waals surface area contributed by atoms with E-state index in [0.29, 0.717) is 10.8 Å². The number of nitrogens with zero attached hydrogens (tertiary/aromatic N) is 1. The van der Waals surface area contributed by atoms with Crippen molar-refractivity contribution in [3.8, 4) is 11.5 Å². The third-order valence-corrected chi connectivity index (χ3v) is 2.27. The normalized spacial score (nSPS) is 9.53. The molecular formula is C11H11ClN2O2S. The van der Waals surface area contributed by atoms with Gasteiger partial charge < -0.3 is 4.74 Å². The highest BCUT2D eigenvalue weighted by atomic mass is 35.5. The lowest BCUT2D eigenvalue weighted by molar-refractivity contribution is 0.469. The number of benzene rings is 1. The van der Waals surface area contributed by atoms with Gasteiger partial charge in [0.05, 0.1) is 6.20 Å². The smallest absolute Gasteiger partial charge is 0.294 e. The molecule has 0 spiro atoms. The monoisotopic (exact) mass is 270 g/mol. The number of rotatable bonds is 2. The number of aromatic nitrogens is 2. The molecule has 4 nitrogen and oxygen atoms in total. The minimum Gasteiger partial charge on any atom is -0.450 e. The van der Waals surface area contributed by atoms with Crippen molar-refractivity contribution < 1.29 is 4.74 Å². The van der Waals surface area contributed by atoms with Crippen LogP contribution in [0.3, 0.4) is 0 Å². The summed E-state index contributed by atoms with van der Waals surface area (Å²) in [5.74, 6) is 0.628. The molecule has 1 N–H and O–H groups in total. The second-order valence-corrected chi connectivity index (χ2v) is 3.82. The maximum absolute atomic E-state index is 11.4. The number of aromatic amines is 1. The average Bonchev–Trinajstić information content (AvgIpc) is 2.25. The van der Waals surface area contributed by atoms with Gasteiger partial charge in [-0.1, -0.05) is 19.0 Å². The second kappa shape index (κ2) is 5.75. The van der Waals surface area contributed by atoms with Gasteiger partial charge in [-0.15, -0.1) is 12.6 Å². The highest BCUT2D eigenvalue weighted by Crippen LogP contribution is 2.19. The number of hydrogen-bond acceptors (Lipinski definition) is 4. The summed E-state index contributed by atoms with van der Waals surface area (Å²) in [6, 6.07) is 6.67. The summed E-state index contributed by atoms with van der Waals surface area (Å²) < 4.78 is 5.32. The molecule has 2 aromatic rings. The Morgan fingerprint density at radius 1 is 1.29 bits per heavy atom. The number of H-pyrrole nitrogens is 1. The Morgan fingerprint density at radius 2 is 1.94 bits per heavy atom. The van der Waals surface area contributed by atoms with E-state index in [1.54, 1.807) is 24.3 Å². The highest BCUT2D eigenvalue weighted by Gasteiger charge is 2.03. The molecular weight excluding hydrogens is 260 g/mol. The lowest BCUT2D eigenvalue weighted by atomic mass is 10.3. The SMILES string of the molecule is C.O=c1[nH]c(S)ncc1Oc1ccc(Cl)cc1. The maximum atomic E-state index is 11.4. The van der Waals surface area contributed by atoms with Crippen molar-refractivity contribution in [1.82, 2.24) is 9.97 Å². The molecule has 1 heterocycles. The van der Waals surface area contributed by atoms with Crippen molar-refractivity contribution in [2.75, 3.05) is 0 Å². The topological polar surface area (TPSA) is 55.0 Å². The fraction of sp³-hybridized carbons (Fsp3) is 0.0909. The molecule has 90 valence electrons. The first kappa shape index (κ1) is 13.6. The largest absolute Gasteiger partial charge is 0.450 e. The van der Waals surface area contributed by atoms with E-state index in [4.69, 9.17) is 16.3 Å². The van der Waals surface area contributed by atoms with Gasteiger partial charge in [-0.3, -0.25) is 9.78 Å². The van der Waals surface area contributed by atoms with E-state index in [1.165, 1.54) is 6.20 Å². The van der Waals surface area contributed by atoms with Crippen LogP contribution in [0, 0.1) is 0 Å². The fourth-order valence-electron chi connectivity index (χ4n) is 1.08. The zero-order valence-corrected chi connectivity index (χ0v) is 9.63. The molecule has 0 bridgehead atoms.